The number of allylic oxidation sites excluding steroid dienone is 1. The van der Waals surface area contributed by atoms with Gasteiger partial charge in [0.05, 0.1) is 11.6 Å². The predicted molar refractivity (Wildman–Crippen MR) is 119 cm³/mol. The summed E-state index contributed by atoms with van der Waals surface area (Å²) in [4.78, 5) is 29.5. The minimum Gasteiger partial charge on any atom is -0.496 e. The molecule has 0 atom stereocenters. The summed E-state index contributed by atoms with van der Waals surface area (Å²) in [5.74, 6) is 0.746. The zero-order valence-electron chi connectivity index (χ0n) is 16.5. The number of aromatic nitrogens is 3. The Labute approximate surface area is 176 Å². The third-order valence-corrected chi connectivity index (χ3v) is 5.58. The molecule has 0 aliphatic rings. The van der Waals surface area contributed by atoms with Gasteiger partial charge in [0.15, 0.2) is 0 Å². The second-order valence-corrected chi connectivity index (χ2v) is 7.77. The summed E-state index contributed by atoms with van der Waals surface area (Å²) in [6.07, 6.45) is 5.66. The van der Waals surface area contributed by atoms with Crippen molar-refractivity contribution in [1.82, 2.24) is 14.6 Å². The maximum absolute atomic E-state index is 12.7. The summed E-state index contributed by atoms with van der Waals surface area (Å²) in [6, 6.07) is 15.4. The smallest absolute Gasteiger partial charge is 0.296 e. The SMILES string of the molecule is COc1ccccc1C=CC=c1sc2nc(=O)c(Cc3ccc(C)cc3)nn2c1=O. The average Bonchev–Trinajstić information content (AvgIpc) is 3.05. The molecule has 0 radical (unpaired) electrons. The third-order valence-electron chi connectivity index (χ3n) is 4.60. The number of rotatable bonds is 5. The lowest BCUT2D eigenvalue weighted by atomic mass is 10.1. The van der Waals surface area contributed by atoms with Crippen molar-refractivity contribution in [3.05, 3.63) is 102 Å². The number of hydrogen-bond acceptors (Lipinski definition) is 6. The standard InChI is InChI=1S/C23H19N3O3S/c1-15-10-12-16(13-11-15)14-18-21(27)24-23-26(25-18)22(28)20(30-23)9-5-7-17-6-3-4-8-19(17)29-2/h3-13H,14H2,1-2H3. The van der Waals surface area contributed by atoms with Crippen molar-refractivity contribution in [2.45, 2.75) is 13.3 Å². The van der Waals surface area contributed by atoms with Gasteiger partial charge in [-0.2, -0.15) is 14.6 Å². The first kappa shape index (κ1) is 19.7. The van der Waals surface area contributed by atoms with Crippen LogP contribution in [-0.4, -0.2) is 21.7 Å². The summed E-state index contributed by atoms with van der Waals surface area (Å²) in [7, 11) is 1.61. The topological polar surface area (TPSA) is 73.6 Å². The lowest BCUT2D eigenvalue weighted by molar-refractivity contribution is 0.414. The van der Waals surface area contributed by atoms with Gasteiger partial charge in [-0.15, -0.1) is 0 Å². The lowest BCUT2D eigenvalue weighted by Gasteiger charge is -2.02. The van der Waals surface area contributed by atoms with Gasteiger partial charge in [0.2, 0.25) is 4.96 Å². The Morgan fingerprint density at radius 1 is 1.10 bits per heavy atom. The second kappa shape index (κ2) is 8.42. The van der Waals surface area contributed by atoms with Gasteiger partial charge in [-0.3, -0.25) is 9.59 Å². The Morgan fingerprint density at radius 3 is 2.63 bits per heavy atom. The molecule has 0 unspecified atom stereocenters. The minimum atomic E-state index is -0.409. The zero-order valence-corrected chi connectivity index (χ0v) is 17.3. The molecule has 0 N–H and O–H groups in total. The molecule has 150 valence electrons. The molecular weight excluding hydrogens is 398 g/mol. The normalized spacial score (nSPS) is 12.1. The van der Waals surface area contributed by atoms with Crippen molar-refractivity contribution in [3.8, 4) is 5.75 Å². The van der Waals surface area contributed by atoms with Crippen LogP contribution in [0.4, 0.5) is 0 Å². The van der Waals surface area contributed by atoms with Gasteiger partial charge >= 0.3 is 0 Å². The number of methoxy groups -OCH3 is 1. The molecule has 6 nitrogen and oxygen atoms in total. The molecule has 0 spiro atoms. The molecule has 0 aliphatic heterocycles. The molecule has 2 aromatic heterocycles. The van der Waals surface area contributed by atoms with Crippen LogP contribution in [0.2, 0.25) is 0 Å². The van der Waals surface area contributed by atoms with Crippen molar-refractivity contribution in [2.24, 2.45) is 0 Å². The summed E-state index contributed by atoms with van der Waals surface area (Å²) in [5.41, 5.74) is 2.53. The van der Waals surface area contributed by atoms with E-state index in [4.69, 9.17) is 4.74 Å². The van der Waals surface area contributed by atoms with Crippen LogP contribution in [0.5, 0.6) is 5.75 Å². The highest BCUT2D eigenvalue weighted by Gasteiger charge is 2.11. The maximum Gasteiger partial charge on any atom is 0.296 e. The van der Waals surface area contributed by atoms with Gasteiger partial charge < -0.3 is 4.74 Å². The van der Waals surface area contributed by atoms with E-state index in [0.717, 1.165) is 33.8 Å². The number of fused-ring (bicyclic) bond motifs is 1. The van der Waals surface area contributed by atoms with E-state index in [1.165, 1.54) is 4.52 Å². The van der Waals surface area contributed by atoms with Crippen LogP contribution in [0.15, 0.2) is 64.2 Å². The Hall–Kier alpha value is -3.58. The van der Waals surface area contributed by atoms with Crippen LogP contribution in [-0.2, 0) is 6.42 Å². The van der Waals surface area contributed by atoms with E-state index < -0.39 is 5.56 Å². The molecular formula is C23H19N3O3S. The summed E-state index contributed by atoms with van der Waals surface area (Å²) < 4.78 is 6.98. The van der Waals surface area contributed by atoms with Crippen molar-refractivity contribution >= 4 is 28.4 Å². The maximum atomic E-state index is 12.7. The van der Waals surface area contributed by atoms with E-state index in [9.17, 15) is 9.59 Å². The number of aryl methyl sites for hydroxylation is 1. The first-order valence-electron chi connectivity index (χ1n) is 9.35. The van der Waals surface area contributed by atoms with Gasteiger partial charge in [0, 0.05) is 12.0 Å². The number of nitrogens with zero attached hydrogens (tertiary/aromatic N) is 3. The summed E-state index contributed by atoms with van der Waals surface area (Å²) in [5, 5.41) is 4.28. The van der Waals surface area contributed by atoms with Gasteiger partial charge in [-0.05, 0) is 24.6 Å². The quantitative estimate of drug-likeness (QED) is 0.499. The predicted octanol–water partition coefficient (Wildman–Crippen LogP) is 2.63. The van der Waals surface area contributed by atoms with Crippen molar-refractivity contribution in [3.63, 3.8) is 0 Å². The third kappa shape index (κ3) is 4.06. The number of ether oxygens (including phenoxy) is 1. The molecule has 0 saturated heterocycles. The van der Waals surface area contributed by atoms with Crippen LogP contribution in [0, 0.1) is 6.92 Å². The van der Waals surface area contributed by atoms with Gasteiger partial charge in [-0.1, -0.05) is 71.5 Å². The minimum absolute atomic E-state index is 0.252. The van der Waals surface area contributed by atoms with Crippen molar-refractivity contribution in [2.75, 3.05) is 7.11 Å². The molecule has 2 heterocycles. The molecule has 4 aromatic rings. The number of benzene rings is 2. The fourth-order valence-corrected chi connectivity index (χ4v) is 3.86. The Kier molecular flexibility index (Phi) is 5.54. The average molecular weight is 417 g/mol. The number of hydrogen-bond donors (Lipinski definition) is 0. The molecule has 30 heavy (non-hydrogen) atoms. The molecule has 4 rings (SSSR count). The highest BCUT2D eigenvalue weighted by atomic mass is 32.1. The Balaban J connectivity index is 1.69. The van der Waals surface area contributed by atoms with Gasteiger partial charge in [0.1, 0.15) is 11.4 Å². The fraction of sp³-hybridized carbons (Fsp3) is 0.130. The van der Waals surface area contributed by atoms with E-state index >= 15 is 0 Å². The number of para-hydroxylation sites is 1. The highest BCUT2D eigenvalue weighted by Crippen LogP contribution is 2.18. The molecule has 7 heteroatoms. The van der Waals surface area contributed by atoms with E-state index in [1.807, 2.05) is 61.5 Å². The van der Waals surface area contributed by atoms with Crippen molar-refractivity contribution in [1.29, 1.82) is 0 Å². The molecule has 0 fully saturated rings. The van der Waals surface area contributed by atoms with Crippen LogP contribution < -0.4 is 20.4 Å². The van der Waals surface area contributed by atoms with E-state index in [1.54, 1.807) is 19.3 Å². The summed E-state index contributed by atoms with van der Waals surface area (Å²) in [6.45, 7) is 2.00. The first-order chi connectivity index (χ1) is 14.5. The van der Waals surface area contributed by atoms with Crippen LogP contribution in [0.3, 0.4) is 0 Å². The van der Waals surface area contributed by atoms with Gasteiger partial charge in [-0.25, -0.2) is 0 Å². The first-order valence-corrected chi connectivity index (χ1v) is 10.2. The molecule has 2 aromatic carbocycles. The zero-order chi connectivity index (χ0) is 21.1. The molecule has 0 amide bonds. The molecule has 0 saturated carbocycles. The highest BCUT2D eigenvalue weighted by molar-refractivity contribution is 7.15. The number of thiazole rings is 1. The van der Waals surface area contributed by atoms with Crippen LogP contribution in [0.25, 0.3) is 17.1 Å². The lowest BCUT2D eigenvalue weighted by Crippen LogP contribution is -2.27. The summed E-state index contributed by atoms with van der Waals surface area (Å²) >= 11 is 1.14. The van der Waals surface area contributed by atoms with E-state index in [-0.39, 0.29) is 16.2 Å². The van der Waals surface area contributed by atoms with E-state index in [2.05, 4.69) is 10.1 Å². The largest absolute Gasteiger partial charge is 0.496 e. The Morgan fingerprint density at radius 2 is 1.87 bits per heavy atom. The molecule has 0 bridgehead atoms. The Bertz CT molecular complexity index is 1400. The monoisotopic (exact) mass is 417 g/mol. The van der Waals surface area contributed by atoms with Gasteiger partial charge in [0.25, 0.3) is 11.1 Å². The fourth-order valence-electron chi connectivity index (χ4n) is 3.01. The van der Waals surface area contributed by atoms with Crippen molar-refractivity contribution < 1.29 is 4.74 Å². The van der Waals surface area contributed by atoms with Crippen LogP contribution >= 0.6 is 11.3 Å². The van der Waals surface area contributed by atoms with E-state index in [0.29, 0.717) is 11.0 Å². The molecule has 0 aliphatic carbocycles. The van der Waals surface area contributed by atoms with Crippen LogP contribution in [0.1, 0.15) is 22.4 Å². The second-order valence-electron chi connectivity index (χ2n) is 6.76.